The van der Waals surface area contributed by atoms with E-state index in [0.717, 1.165) is 25.9 Å². The van der Waals surface area contributed by atoms with Gasteiger partial charge in [0.1, 0.15) is 0 Å². The third-order valence-electron chi connectivity index (χ3n) is 3.65. The summed E-state index contributed by atoms with van der Waals surface area (Å²) in [5.41, 5.74) is -0.414. The molecule has 1 amide bonds. The third-order valence-corrected chi connectivity index (χ3v) is 3.65. The number of rotatable bonds is 1. The zero-order chi connectivity index (χ0) is 11.8. The Kier molecular flexibility index (Phi) is 3.02. The summed E-state index contributed by atoms with van der Waals surface area (Å²) in [6.45, 7) is 5.86. The number of nitrogens with one attached hydrogen (secondary N) is 1. The topological polar surface area (TPSA) is 49.4 Å². The van der Waals surface area contributed by atoms with E-state index in [9.17, 15) is 9.59 Å². The summed E-state index contributed by atoms with van der Waals surface area (Å²) < 4.78 is 0. The van der Waals surface area contributed by atoms with Gasteiger partial charge in [-0.3, -0.25) is 9.59 Å². The van der Waals surface area contributed by atoms with Crippen molar-refractivity contribution >= 4 is 11.7 Å². The molecule has 1 aliphatic heterocycles. The molecule has 90 valence electrons. The van der Waals surface area contributed by atoms with Crippen LogP contribution in [0.2, 0.25) is 0 Å². The number of carbonyl (C=O) groups excluding carboxylic acids is 2. The smallest absolute Gasteiger partial charge is 0.225 e. The summed E-state index contributed by atoms with van der Waals surface area (Å²) in [7, 11) is 0. The minimum atomic E-state index is -0.414. The summed E-state index contributed by atoms with van der Waals surface area (Å²) in [5.74, 6) is 0.473. The van der Waals surface area contributed by atoms with Crippen LogP contribution < -0.4 is 5.32 Å². The Bertz CT molecular complexity index is 314. The lowest BCUT2D eigenvalue weighted by Gasteiger charge is -2.40. The second-order valence-corrected chi connectivity index (χ2v) is 5.20. The third kappa shape index (κ3) is 1.86. The van der Waals surface area contributed by atoms with E-state index in [1.807, 2.05) is 18.7 Å². The Labute approximate surface area is 96.4 Å². The van der Waals surface area contributed by atoms with E-state index in [0.29, 0.717) is 13.0 Å². The Morgan fingerprint density at radius 3 is 2.81 bits per heavy atom. The van der Waals surface area contributed by atoms with Crippen LogP contribution in [0.5, 0.6) is 0 Å². The van der Waals surface area contributed by atoms with Crippen molar-refractivity contribution in [2.75, 3.05) is 19.6 Å². The molecule has 1 heterocycles. The highest BCUT2D eigenvalue weighted by Gasteiger charge is 2.45. The number of piperazine rings is 1. The second kappa shape index (κ2) is 4.17. The number of amides is 1. The van der Waals surface area contributed by atoms with Gasteiger partial charge in [0.2, 0.25) is 5.91 Å². The fourth-order valence-corrected chi connectivity index (χ4v) is 2.73. The SMILES string of the molecule is CC(C)C(=O)N1CCNC2(CCCC2=O)C1. The molecular formula is C12H20N2O2. The maximum atomic E-state index is 11.9. The fourth-order valence-electron chi connectivity index (χ4n) is 2.73. The number of hydrogen-bond donors (Lipinski definition) is 1. The highest BCUT2D eigenvalue weighted by Crippen LogP contribution is 2.29. The van der Waals surface area contributed by atoms with E-state index in [2.05, 4.69) is 5.32 Å². The quantitative estimate of drug-likeness (QED) is 0.708. The molecule has 1 unspecified atom stereocenters. The molecule has 16 heavy (non-hydrogen) atoms. The van der Waals surface area contributed by atoms with Gasteiger partial charge in [0.15, 0.2) is 5.78 Å². The number of carbonyl (C=O) groups is 2. The Morgan fingerprint density at radius 2 is 2.25 bits per heavy atom. The number of ketones is 1. The zero-order valence-electron chi connectivity index (χ0n) is 10.1. The van der Waals surface area contributed by atoms with E-state index in [1.165, 1.54) is 0 Å². The number of hydrogen-bond acceptors (Lipinski definition) is 3. The number of Topliss-reactive ketones (excluding diaryl/α,β-unsaturated/α-hetero) is 1. The van der Waals surface area contributed by atoms with Crippen LogP contribution in [0, 0.1) is 5.92 Å². The van der Waals surface area contributed by atoms with Crippen molar-refractivity contribution in [2.24, 2.45) is 5.92 Å². The zero-order valence-corrected chi connectivity index (χ0v) is 10.1. The van der Waals surface area contributed by atoms with Gasteiger partial charge in [-0.1, -0.05) is 13.8 Å². The molecule has 1 aliphatic carbocycles. The van der Waals surface area contributed by atoms with Crippen LogP contribution in [-0.4, -0.2) is 41.8 Å². The van der Waals surface area contributed by atoms with E-state index in [4.69, 9.17) is 0 Å². The maximum absolute atomic E-state index is 11.9. The van der Waals surface area contributed by atoms with Crippen LogP contribution in [0.1, 0.15) is 33.1 Å². The molecule has 2 fully saturated rings. The van der Waals surface area contributed by atoms with Gasteiger partial charge in [-0.25, -0.2) is 0 Å². The highest BCUT2D eigenvalue weighted by atomic mass is 16.2. The summed E-state index contributed by atoms with van der Waals surface area (Å²) in [6.07, 6.45) is 2.50. The summed E-state index contributed by atoms with van der Waals surface area (Å²) in [5, 5.41) is 3.32. The highest BCUT2D eigenvalue weighted by molar-refractivity contribution is 5.91. The molecule has 1 spiro atoms. The van der Waals surface area contributed by atoms with Crippen LogP contribution in [-0.2, 0) is 9.59 Å². The molecule has 4 heteroatoms. The summed E-state index contributed by atoms with van der Waals surface area (Å²) >= 11 is 0. The number of nitrogens with zero attached hydrogens (tertiary/aromatic N) is 1. The van der Waals surface area contributed by atoms with Crippen molar-refractivity contribution in [2.45, 2.75) is 38.6 Å². The molecule has 1 N–H and O–H groups in total. The summed E-state index contributed by atoms with van der Waals surface area (Å²) in [4.78, 5) is 25.7. The molecule has 1 saturated heterocycles. The van der Waals surface area contributed by atoms with E-state index in [1.54, 1.807) is 0 Å². The molecule has 2 rings (SSSR count). The minimum absolute atomic E-state index is 0.0201. The molecule has 2 aliphatic rings. The van der Waals surface area contributed by atoms with Gasteiger partial charge in [-0.15, -0.1) is 0 Å². The van der Waals surface area contributed by atoms with Crippen molar-refractivity contribution in [1.29, 1.82) is 0 Å². The van der Waals surface area contributed by atoms with Gasteiger partial charge in [-0.05, 0) is 12.8 Å². The van der Waals surface area contributed by atoms with Crippen LogP contribution in [0.25, 0.3) is 0 Å². The molecular weight excluding hydrogens is 204 g/mol. The molecule has 0 aromatic carbocycles. The van der Waals surface area contributed by atoms with Gasteiger partial charge < -0.3 is 10.2 Å². The van der Waals surface area contributed by atoms with Crippen molar-refractivity contribution in [3.05, 3.63) is 0 Å². The summed E-state index contributed by atoms with van der Waals surface area (Å²) in [6, 6.07) is 0. The average Bonchev–Trinajstić information content (AvgIpc) is 2.59. The van der Waals surface area contributed by atoms with Crippen LogP contribution in [0.15, 0.2) is 0 Å². The first kappa shape index (κ1) is 11.6. The lowest BCUT2D eigenvalue weighted by Crippen LogP contribution is -2.64. The first-order valence-electron chi connectivity index (χ1n) is 6.12. The minimum Gasteiger partial charge on any atom is -0.339 e. The first-order valence-corrected chi connectivity index (χ1v) is 6.12. The van der Waals surface area contributed by atoms with Crippen molar-refractivity contribution in [3.8, 4) is 0 Å². The maximum Gasteiger partial charge on any atom is 0.225 e. The molecule has 1 saturated carbocycles. The fraction of sp³-hybridized carbons (Fsp3) is 0.833. The van der Waals surface area contributed by atoms with Crippen LogP contribution >= 0.6 is 0 Å². The lowest BCUT2D eigenvalue weighted by molar-refractivity contribution is -0.138. The largest absolute Gasteiger partial charge is 0.339 e. The molecule has 0 aromatic rings. The second-order valence-electron chi connectivity index (χ2n) is 5.20. The molecule has 1 atom stereocenters. The normalized spacial score (nSPS) is 30.4. The monoisotopic (exact) mass is 224 g/mol. The van der Waals surface area contributed by atoms with Crippen LogP contribution in [0.3, 0.4) is 0 Å². The van der Waals surface area contributed by atoms with E-state index in [-0.39, 0.29) is 17.6 Å². The van der Waals surface area contributed by atoms with Gasteiger partial charge >= 0.3 is 0 Å². The molecule has 4 nitrogen and oxygen atoms in total. The lowest BCUT2D eigenvalue weighted by atomic mass is 9.93. The van der Waals surface area contributed by atoms with Crippen molar-refractivity contribution in [1.82, 2.24) is 10.2 Å². The van der Waals surface area contributed by atoms with Crippen molar-refractivity contribution in [3.63, 3.8) is 0 Å². The van der Waals surface area contributed by atoms with Gasteiger partial charge in [-0.2, -0.15) is 0 Å². The first-order chi connectivity index (χ1) is 7.55. The molecule has 0 bridgehead atoms. The van der Waals surface area contributed by atoms with Gasteiger partial charge in [0, 0.05) is 32.0 Å². The Hall–Kier alpha value is -0.900. The Morgan fingerprint density at radius 1 is 1.50 bits per heavy atom. The van der Waals surface area contributed by atoms with E-state index < -0.39 is 5.54 Å². The molecule has 0 radical (unpaired) electrons. The van der Waals surface area contributed by atoms with Gasteiger partial charge in [0.05, 0.1) is 5.54 Å². The average molecular weight is 224 g/mol. The predicted octanol–water partition coefficient (Wildman–Crippen LogP) is 0.566. The standard InChI is InChI=1S/C12H20N2O2/c1-9(2)11(16)14-7-6-13-12(8-14)5-3-4-10(12)15/h9,13H,3-8H2,1-2H3. The molecule has 0 aromatic heterocycles. The Balaban J connectivity index is 2.10. The van der Waals surface area contributed by atoms with Crippen molar-refractivity contribution < 1.29 is 9.59 Å². The van der Waals surface area contributed by atoms with Gasteiger partial charge in [0.25, 0.3) is 0 Å². The van der Waals surface area contributed by atoms with Crippen LogP contribution in [0.4, 0.5) is 0 Å². The predicted molar refractivity (Wildman–Crippen MR) is 61.0 cm³/mol. The van der Waals surface area contributed by atoms with E-state index >= 15 is 0 Å².